The first-order chi connectivity index (χ1) is 7.95. The summed E-state index contributed by atoms with van der Waals surface area (Å²) in [5.74, 6) is 1.01. The second-order valence-electron chi connectivity index (χ2n) is 4.58. The molecule has 1 aromatic carbocycles. The molecule has 1 aromatic rings. The van der Waals surface area contributed by atoms with E-state index in [-0.39, 0.29) is 6.09 Å². The topological polar surface area (TPSA) is 29.5 Å². The number of aryl methyl sites for hydroxylation is 1. The molecule has 0 aliphatic heterocycles. The van der Waals surface area contributed by atoms with Crippen molar-refractivity contribution < 1.29 is 9.53 Å². The minimum Gasteiger partial charge on any atom is -0.410 e. The van der Waals surface area contributed by atoms with E-state index in [0.29, 0.717) is 18.2 Å². The number of carbonyl (C=O) groups is 1. The quantitative estimate of drug-likeness (QED) is 0.801. The van der Waals surface area contributed by atoms with E-state index in [1.54, 1.807) is 11.9 Å². The SMILES string of the molecule is CCN(C)C(=O)Oc1cc(C)ccc1C(C)C. The van der Waals surface area contributed by atoms with E-state index in [4.69, 9.17) is 4.74 Å². The lowest BCUT2D eigenvalue weighted by atomic mass is 10.0. The number of hydrogen-bond donors (Lipinski definition) is 0. The van der Waals surface area contributed by atoms with Crippen LogP contribution in [0.1, 0.15) is 37.8 Å². The molecule has 0 aliphatic carbocycles. The van der Waals surface area contributed by atoms with Crippen molar-refractivity contribution in [2.45, 2.75) is 33.6 Å². The van der Waals surface area contributed by atoms with Crippen LogP contribution in [-0.2, 0) is 0 Å². The summed E-state index contributed by atoms with van der Waals surface area (Å²) in [6, 6.07) is 5.97. The van der Waals surface area contributed by atoms with Gasteiger partial charge in [-0.3, -0.25) is 0 Å². The highest BCUT2D eigenvalue weighted by atomic mass is 16.6. The molecule has 0 atom stereocenters. The first-order valence-electron chi connectivity index (χ1n) is 5.99. The minimum absolute atomic E-state index is 0.306. The van der Waals surface area contributed by atoms with E-state index >= 15 is 0 Å². The molecule has 0 saturated heterocycles. The number of carbonyl (C=O) groups excluding carboxylic acids is 1. The smallest absolute Gasteiger partial charge is 0.410 e. The minimum atomic E-state index is -0.306. The summed E-state index contributed by atoms with van der Waals surface area (Å²) in [5, 5.41) is 0. The van der Waals surface area contributed by atoms with Crippen molar-refractivity contribution in [2.75, 3.05) is 13.6 Å². The van der Waals surface area contributed by atoms with Crippen molar-refractivity contribution in [3.8, 4) is 5.75 Å². The lowest BCUT2D eigenvalue weighted by Gasteiger charge is -2.18. The number of rotatable bonds is 3. The molecule has 0 fully saturated rings. The number of nitrogens with zero attached hydrogens (tertiary/aromatic N) is 1. The fourth-order valence-electron chi connectivity index (χ4n) is 1.51. The van der Waals surface area contributed by atoms with Gasteiger partial charge >= 0.3 is 6.09 Å². The summed E-state index contributed by atoms with van der Waals surface area (Å²) in [5.41, 5.74) is 2.16. The molecule has 94 valence electrons. The molecule has 0 unspecified atom stereocenters. The third kappa shape index (κ3) is 3.48. The van der Waals surface area contributed by atoms with E-state index < -0.39 is 0 Å². The Balaban J connectivity index is 2.96. The molecular weight excluding hydrogens is 214 g/mol. The monoisotopic (exact) mass is 235 g/mol. The van der Waals surface area contributed by atoms with Crippen LogP contribution in [0, 0.1) is 6.92 Å². The number of ether oxygens (including phenoxy) is 1. The van der Waals surface area contributed by atoms with E-state index in [1.165, 1.54) is 0 Å². The van der Waals surface area contributed by atoms with Gasteiger partial charge in [0.05, 0.1) is 0 Å². The van der Waals surface area contributed by atoms with Crippen LogP contribution in [0.2, 0.25) is 0 Å². The molecule has 0 bridgehead atoms. The first kappa shape index (κ1) is 13.6. The zero-order chi connectivity index (χ0) is 13.0. The largest absolute Gasteiger partial charge is 0.414 e. The van der Waals surface area contributed by atoms with Crippen molar-refractivity contribution in [1.82, 2.24) is 4.90 Å². The van der Waals surface area contributed by atoms with E-state index in [1.807, 2.05) is 32.0 Å². The maximum absolute atomic E-state index is 11.7. The zero-order valence-corrected chi connectivity index (χ0v) is 11.3. The van der Waals surface area contributed by atoms with Crippen molar-refractivity contribution >= 4 is 6.09 Å². The van der Waals surface area contributed by atoms with Crippen LogP contribution in [-0.4, -0.2) is 24.6 Å². The van der Waals surface area contributed by atoms with Crippen molar-refractivity contribution in [3.63, 3.8) is 0 Å². The Hall–Kier alpha value is -1.51. The van der Waals surface area contributed by atoms with Crippen molar-refractivity contribution in [2.24, 2.45) is 0 Å². The van der Waals surface area contributed by atoms with Gasteiger partial charge in [0.25, 0.3) is 0 Å². The van der Waals surface area contributed by atoms with Crippen LogP contribution in [0.4, 0.5) is 4.79 Å². The van der Waals surface area contributed by atoms with Gasteiger partial charge < -0.3 is 9.64 Å². The van der Waals surface area contributed by atoms with Gasteiger partial charge in [-0.15, -0.1) is 0 Å². The molecule has 3 nitrogen and oxygen atoms in total. The molecule has 0 aliphatic rings. The summed E-state index contributed by atoms with van der Waals surface area (Å²) in [6.07, 6.45) is -0.306. The van der Waals surface area contributed by atoms with Crippen LogP contribution >= 0.6 is 0 Å². The molecule has 0 spiro atoms. The lowest BCUT2D eigenvalue weighted by molar-refractivity contribution is 0.164. The van der Waals surface area contributed by atoms with Gasteiger partial charge in [0.1, 0.15) is 5.75 Å². The molecular formula is C14H21NO2. The molecule has 17 heavy (non-hydrogen) atoms. The highest BCUT2D eigenvalue weighted by Crippen LogP contribution is 2.27. The van der Waals surface area contributed by atoms with E-state index in [2.05, 4.69) is 13.8 Å². The maximum Gasteiger partial charge on any atom is 0.414 e. The number of hydrogen-bond acceptors (Lipinski definition) is 2. The highest BCUT2D eigenvalue weighted by molar-refractivity contribution is 5.71. The van der Waals surface area contributed by atoms with Gasteiger partial charge in [-0.2, -0.15) is 0 Å². The van der Waals surface area contributed by atoms with Gasteiger partial charge in [0.2, 0.25) is 0 Å². The fourth-order valence-corrected chi connectivity index (χ4v) is 1.51. The Morgan fingerprint density at radius 1 is 1.41 bits per heavy atom. The molecule has 0 radical (unpaired) electrons. The van der Waals surface area contributed by atoms with Gasteiger partial charge in [-0.25, -0.2) is 4.79 Å². The Morgan fingerprint density at radius 3 is 2.59 bits per heavy atom. The standard InChI is InChI=1S/C14H21NO2/c1-6-15(5)14(16)17-13-9-11(4)7-8-12(13)10(2)3/h7-10H,6H2,1-5H3. The average molecular weight is 235 g/mol. The van der Waals surface area contributed by atoms with Gasteiger partial charge in [-0.1, -0.05) is 26.0 Å². The van der Waals surface area contributed by atoms with Crippen LogP contribution in [0.25, 0.3) is 0 Å². The van der Waals surface area contributed by atoms with Gasteiger partial charge in [0.15, 0.2) is 0 Å². The average Bonchev–Trinajstić information content (AvgIpc) is 2.27. The third-order valence-electron chi connectivity index (χ3n) is 2.77. The van der Waals surface area contributed by atoms with E-state index in [9.17, 15) is 4.79 Å². The van der Waals surface area contributed by atoms with Crippen LogP contribution in [0.3, 0.4) is 0 Å². The fraction of sp³-hybridized carbons (Fsp3) is 0.500. The molecule has 1 amide bonds. The van der Waals surface area contributed by atoms with Gasteiger partial charge in [-0.05, 0) is 37.0 Å². The maximum atomic E-state index is 11.7. The number of benzene rings is 1. The Labute approximate surface area is 103 Å². The summed E-state index contributed by atoms with van der Waals surface area (Å²) in [7, 11) is 1.73. The molecule has 1 rings (SSSR count). The molecule has 0 heterocycles. The van der Waals surface area contributed by atoms with Crippen molar-refractivity contribution in [3.05, 3.63) is 29.3 Å². The summed E-state index contributed by atoms with van der Waals surface area (Å²) >= 11 is 0. The highest BCUT2D eigenvalue weighted by Gasteiger charge is 2.14. The molecule has 0 aromatic heterocycles. The molecule has 3 heteroatoms. The second-order valence-corrected chi connectivity index (χ2v) is 4.58. The number of amides is 1. The molecule has 0 saturated carbocycles. The second kappa shape index (κ2) is 5.71. The van der Waals surface area contributed by atoms with Crippen LogP contribution in [0.15, 0.2) is 18.2 Å². The summed E-state index contributed by atoms with van der Waals surface area (Å²) < 4.78 is 5.43. The van der Waals surface area contributed by atoms with Crippen LogP contribution in [0.5, 0.6) is 5.75 Å². The zero-order valence-electron chi connectivity index (χ0n) is 11.3. The van der Waals surface area contributed by atoms with Crippen LogP contribution < -0.4 is 4.74 Å². The third-order valence-corrected chi connectivity index (χ3v) is 2.77. The van der Waals surface area contributed by atoms with Gasteiger partial charge in [0, 0.05) is 13.6 Å². The summed E-state index contributed by atoms with van der Waals surface area (Å²) in [6.45, 7) is 8.73. The normalized spacial score (nSPS) is 10.5. The van der Waals surface area contributed by atoms with Crippen molar-refractivity contribution in [1.29, 1.82) is 0 Å². The Kier molecular flexibility index (Phi) is 4.55. The molecule has 0 N–H and O–H groups in total. The van der Waals surface area contributed by atoms with E-state index in [0.717, 1.165) is 11.1 Å². The predicted molar refractivity (Wildman–Crippen MR) is 69.6 cm³/mol. The lowest BCUT2D eigenvalue weighted by Crippen LogP contribution is -2.29. The Morgan fingerprint density at radius 2 is 2.06 bits per heavy atom. The Bertz CT molecular complexity index is 399. The summed E-state index contributed by atoms with van der Waals surface area (Å²) in [4.78, 5) is 13.3. The first-order valence-corrected chi connectivity index (χ1v) is 5.99. The predicted octanol–water partition coefficient (Wildman–Crippen LogP) is 3.57.